The zero-order chi connectivity index (χ0) is 16.8. The number of hydrogen-bond donors (Lipinski definition) is 1. The molecule has 1 N–H and O–H groups in total. The van der Waals surface area contributed by atoms with Gasteiger partial charge < -0.3 is 14.8 Å². The summed E-state index contributed by atoms with van der Waals surface area (Å²) >= 11 is 0. The lowest BCUT2D eigenvalue weighted by atomic mass is 10.3. The van der Waals surface area contributed by atoms with Gasteiger partial charge in [-0.05, 0) is 26.0 Å². The molecular formula is C16H17N3O4. The number of esters is 1. The highest BCUT2D eigenvalue weighted by molar-refractivity contribution is 5.96. The van der Waals surface area contributed by atoms with Gasteiger partial charge in [-0.1, -0.05) is 6.07 Å². The van der Waals surface area contributed by atoms with Crippen molar-refractivity contribution in [3.05, 3.63) is 48.0 Å². The molecule has 1 atom stereocenters. The monoisotopic (exact) mass is 315 g/mol. The number of nitrogens with zero attached hydrogens (tertiary/aromatic N) is 2. The Morgan fingerprint density at radius 1 is 1.22 bits per heavy atom. The number of methoxy groups -OCH3 is 1. The number of anilines is 1. The number of rotatable bonds is 5. The normalized spacial score (nSPS) is 11.4. The number of carbonyl (C=O) groups is 2. The summed E-state index contributed by atoms with van der Waals surface area (Å²) in [5, 5.41) is 2.65. The van der Waals surface area contributed by atoms with Crippen LogP contribution in [0.25, 0.3) is 0 Å². The molecule has 1 heterocycles. The van der Waals surface area contributed by atoms with Crippen LogP contribution in [0.4, 0.5) is 5.69 Å². The number of aromatic nitrogens is 2. The summed E-state index contributed by atoms with van der Waals surface area (Å²) in [4.78, 5) is 31.8. The average Bonchev–Trinajstić information content (AvgIpc) is 2.55. The molecule has 0 aliphatic heterocycles. The van der Waals surface area contributed by atoms with Crippen LogP contribution < -0.4 is 10.1 Å². The Morgan fingerprint density at radius 3 is 2.65 bits per heavy atom. The first kappa shape index (κ1) is 16.4. The summed E-state index contributed by atoms with van der Waals surface area (Å²) in [6.07, 6.45) is 1.79. The average molecular weight is 315 g/mol. The molecule has 1 unspecified atom stereocenters. The standard InChI is InChI=1S/C16H17N3O4/c1-10-8-18-14(9-17-10)16(21)23-11(2)15(20)19-12-5-4-6-13(7-12)22-3/h4-9,11H,1-3H3,(H,19,20). The fourth-order valence-corrected chi connectivity index (χ4v) is 1.72. The minimum Gasteiger partial charge on any atom is -0.497 e. The SMILES string of the molecule is COc1cccc(NC(=O)C(C)OC(=O)c2cnc(C)cn2)c1. The van der Waals surface area contributed by atoms with Gasteiger partial charge in [-0.2, -0.15) is 0 Å². The lowest BCUT2D eigenvalue weighted by molar-refractivity contribution is -0.123. The van der Waals surface area contributed by atoms with Crippen molar-refractivity contribution >= 4 is 17.6 Å². The van der Waals surface area contributed by atoms with Crippen molar-refractivity contribution in [3.63, 3.8) is 0 Å². The van der Waals surface area contributed by atoms with Crippen LogP contribution in [0.3, 0.4) is 0 Å². The second-order valence-corrected chi connectivity index (χ2v) is 4.81. The highest BCUT2D eigenvalue weighted by atomic mass is 16.5. The molecular weight excluding hydrogens is 298 g/mol. The summed E-state index contributed by atoms with van der Waals surface area (Å²) in [5.41, 5.74) is 1.29. The predicted molar refractivity (Wildman–Crippen MR) is 83.3 cm³/mol. The van der Waals surface area contributed by atoms with Gasteiger partial charge >= 0.3 is 5.97 Å². The molecule has 1 aromatic heterocycles. The molecule has 120 valence electrons. The van der Waals surface area contributed by atoms with Gasteiger partial charge in [0.05, 0.1) is 19.0 Å². The second-order valence-electron chi connectivity index (χ2n) is 4.81. The van der Waals surface area contributed by atoms with Crippen LogP contribution in [0.2, 0.25) is 0 Å². The maximum atomic E-state index is 12.1. The third-order valence-corrected chi connectivity index (χ3v) is 2.98. The zero-order valence-electron chi connectivity index (χ0n) is 13.1. The minimum atomic E-state index is -0.975. The molecule has 2 rings (SSSR count). The molecule has 23 heavy (non-hydrogen) atoms. The number of ether oxygens (including phenoxy) is 2. The molecule has 0 aliphatic rings. The Kier molecular flexibility index (Phi) is 5.24. The van der Waals surface area contributed by atoms with Gasteiger partial charge in [-0.15, -0.1) is 0 Å². The highest BCUT2D eigenvalue weighted by Crippen LogP contribution is 2.17. The number of nitrogens with one attached hydrogen (secondary N) is 1. The van der Waals surface area contributed by atoms with Crippen LogP contribution >= 0.6 is 0 Å². The van der Waals surface area contributed by atoms with Crippen LogP contribution in [0, 0.1) is 6.92 Å². The molecule has 1 amide bonds. The van der Waals surface area contributed by atoms with Crippen molar-refractivity contribution < 1.29 is 19.1 Å². The highest BCUT2D eigenvalue weighted by Gasteiger charge is 2.20. The van der Waals surface area contributed by atoms with Crippen LogP contribution in [-0.2, 0) is 9.53 Å². The number of benzene rings is 1. The van der Waals surface area contributed by atoms with Crippen molar-refractivity contribution in [2.45, 2.75) is 20.0 Å². The molecule has 0 radical (unpaired) electrons. The van der Waals surface area contributed by atoms with Gasteiger partial charge in [0.15, 0.2) is 11.8 Å². The summed E-state index contributed by atoms with van der Waals surface area (Å²) in [6.45, 7) is 3.24. The Hall–Kier alpha value is -2.96. The summed E-state index contributed by atoms with van der Waals surface area (Å²) in [7, 11) is 1.54. The van der Waals surface area contributed by atoms with E-state index in [0.717, 1.165) is 0 Å². The first-order chi connectivity index (χ1) is 11.0. The third kappa shape index (κ3) is 4.50. The van der Waals surface area contributed by atoms with Crippen LogP contribution in [-0.4, -0.2) is 35.1 Å². The molecule has 0 bridgehead atoms. The molecule has 0 fully saturated rings. The van der Waals surface area contributed by atoms with Gasteiger partial charge in [-0.3, -0.25) is 9.78 Å². The van der Waals surface area contributed by atoms with Crippen LogP contribution in [0.5, 0.6) is 5.75 Å². The molecule has 0 saturated heterocycles. The van der Waals surface area contributed by atoms with Gasteiger partial charge in [0.1, 0.15) is 5.75 Å². The van der Waals surface area contributed by atoms with Gasteiger partial charge in [0, 0.05) is 18.0 Å². The quantitative estimate of drug-likeness (QED) is 0.848. The van der Waals surface area contributed by atoms with E-state index in [1.807, 2.05) is 0 Å². The zero-order valence-corrected chi connectivity index (χ0v) is 13.1. The number of carbonyl (C=O) groups excluding carboxylic acids is 2. The molecule has 0 spiro atoms. The Morgan fingerprint density at radius 2 is 2.00 bits per heavy atom. The number of amides is 1. The summed E-state index contributed by atoms with van der Waals surface area (Å²) in [6, 6.07) is 6.88. The van der Waals surface area contributed by atoms with E-state index in [9.17, 15) is 9.59 Å². The predicted octanol–water partition coefficient (Wildman–Crippen LogP) is 1.98. The van der Waals surface area contributed by atoms with E-state index in [2.05, 4.69) is 15.3 Å². The van der Waals surface area contributed by atoms with Gasteiger partial charge in [0.2, 0.25) is 0 Å². The second kappa shape index (κ2) is 7.35. The van der Waals surface area contributed by atoms with E-state index in [1.165, 1.54) is 26.4 Å². The maximum absolute atomic E-state index is 12.1. The largest absolute Gasteiger partial charge is 0.497 e. The fraction of sp³-hybridized carbons (Fsp3) is 0.250. The molecule has 7 nitrogen and oxygen atoms in total. The van der Waals surface area contributed by atoms with Crippen molar-refractivity contribution in [1.29, 1.82) is 0 Å². The van der Waals surface area contributed by atoms with E-state index < -0.39 is 18.0 Å². The fourth-order valence-electron chi connectivity index (χ4n) is 1.72. The molecule has 2 aromatic rings. The topological polar surface area (TPSA) is 90.4 Å². The molecule has 1 aromatic carbocycles. The first-order valence-electron chi connectivity index (χ1n) is 6.94. The van der Waals surface area contributed by atoms with E-state index >= 15 is 0 Å². The van der Waals surface area contributed by atoms with Crippen LogP contribution in [0.15, 0.2) is 36.7 Å². The van der Waals surface area contributed by atoms with Crippen LogP contribution in [0.1, 0.15) is 23.1 Å². The maximum Gasteiger partial charge on any atom is 0.359 e. The van der Waals surface area contributed by atoms with Gasteiger partial charge in [0.25, 0.3) is 5.91 Å². The number of hydrogen-bond acceptors (Lipinski definition) is 6. The van der Waals surface area contributed by atoms with E-state index in [1.54, 1.807) is 31.2 Å². The molecule has 0 saturated carbocycles. The van der Waals surface area contributed by atoms with Crippen molar-refractivity contribution in [1.82, 2.24) is 9.97 Å². The minimum absolute atomic E-state index is 0.0524. The van der Waals surface area contributed by atoms with E-state index in [0.29, 0.717) is 17.1 Å². The molecule has 0 aliphatic carbocycles. The smallest absolute Gasteiger partial charge is 0.359 e. The van der Waals surface area contributed by atoms with Crippen molar-refractivity contribution in [3.8, 4) is 5.75 Å². The van der Waals surface area contributed by atoms with E-state index in [-0.39, 0.29) is 5.69 Å². The van der Waals surface area contributed by atoms with Gasteiger partial charge in [-0.25, -0.2) is 9.78 Å². The van der Waals surface area contributed by atoms with Crippen molar-refractivity contribution in [2.24, 2.45) is 0 Å². The lowest BCUT2D eigenvalue weighted by Crippen LogP contribution is -2.30. The van der Waals surface area contributed by atoms with E-state index in [4.69, 9.17) is 9.47 Å². The number of aryl methyl sites for hydroxylation is 1. The van der Waals surface area contributed by atoms with Crippen molar-refractivity contribution in [2.75, 3.05) is 12.4 Å². The molecule has 7 heteroatoms. The summed E-state index contributed by atoms with van der Waals surface area (Å²) in [5.74, 6) is -0.542. The Bertz CT molecular complexity index is 701. The summed E-state index contributed by atoms with van der Waals surface area (Å²) < 4.78 is 10.2. The Balaban J connectivity index is 1.96. The lowest BCUT2D eigenvalue weighted by Gasteiger charge is -2.13. The Labute approximate surface area is 133 Å². The third-order valence-electron chi connectivity index (χ3n) is 2.98. The first-order valence-corrected chi connectivity index (χ1v) is 6.94.